The number of carbonyl (C=O) groups is 1. The van der Waals surface area contributed by atoms with Crippen LogP contribution in [0.2, 0.25) is 0 Å². The predicted octanol–water partition coefficient (Wildman–Crippen LogP) is 1.02. The Morgan fingerprint density at radius 3 is 2.47 bits per heavy atom. The van der Waals surface area contributed by atoms with E-state index >= 15 is 0 Å². The van der Waals surface area contributed by atoms with Crippen LogP contribution in [0.25, 0.3) is 0 Å². The third-order valence-corrected chi connectivity index (χ3v) is 1.80. The van der Waals surface area contributed by atoms with Gasteiger partial charge in [0.1, 0.15) is 6.07 Å². The molecule has 0 amide bonds. The first-order valence-electron chi connectivity index (χ1n) is 4.53. The van der Waals surface area contributed by atoms with E-state index in [0.717, 1.165) is 7.11 Å². The van der Waals surface area contributed by atoms with Crippen LogP contribution >= 0.6 is 0 Å². The summed E-state index contributed by atoms with van der Waals surface area (Å²) in [5.41, 5.74) is 3.20. The van der Waals surface area contributed by atoms with Gasteiger partial charge in [-0.05, 0) is 24.3 Å². The lowest BCUT2D eigenvalue weighted by atomic mass is 10.2. The first-order chi connectivity index (χ1) is 8.21. The van der Waals surface area contributed by atoms with Crippen molar-refractivity contribution < 1.29 is 9.53 Å². The van der Waals surface area contributed by atoms with Crippen LogP contribution in [0.15, 0.2) is 29.4 Å². The lowest BCUT2D eigenvalue weighted by Crippen LogP contribution is -2.15. The molecule has 1 aromatic carbocycles. The fraction of sp³-hybridized carbons (Fsp3) is 0.0909. The number of methoxy groups -OCH3 is 1. The number of nitrogens with one attached hydrogen (secondary N) is 1. The number of nitriles is 2. The van der Waals surface area contributed by atoms with Crippen LogP contribution < -0.4 is 5.43 Å². The van der Waals surface area contributed by atoms with Gasteiger partial charge in [0.2, 0.25) is 5.71 Å². The molecule has 84 valence electrons. The van der Waals surface area contributed by atoms with E-state index in [2.05, 4.69) is 15.3 Å². The van der Waals surface area contributed by atoms with E-state index in [1.165, 1.54) is 0 Å². The van der Waals surface area contributed by atoms with Crippen molar-refractivity contribution in [2.75, 3.05) is 12.5 Å². The second-order valence-electron chi connectivity index (χ2n) is 2.86. The van der Waals surface area contributed by atoms with Crippen molar-refractivity contribution in [3.8, 4) is 12.1 Å². The number of esters is 1. The zero-order valence-electron chi connectivity index (χ0n) is 8.97. The Hall–Kier alpha value is -2.86. The second kappa shape index (κ2) is 5.89. The molecule has 0 fully saturated rings. The minimum atomic E-state index is -0.811. The van der Waals surface area contributed by atoms with Crippen LogP contribution in [0.1, 0.15) is 5.56 Å². The third-order valence-electron chi connectivity index (χ3n) is 1.80. The van der Waals surface area contributed by atoms with Crippen LogP contribution in [-0.4, -0.2) is 18.8 Å². The molecule has 6 heteroatoms. The first-order valence-corrected chi connectivity index (χ1v) is 4.53. The highest BCUT2D eigenvalue weighted by molar-refractivity contribution is 6.43. The molecule has 0 aromatic heterocycles. The smallest absolute Gasteiger partial charge is 0.369 e. The Morgan fingerprint density at radius 1 is 1.35 bits per heavy atom. The molecule has 1 aromatic rings. The summed E-state index contributed by atoms with van der Waals surface area (Å²) in [6.45, 7) is 0. The van der Waals surface area contributed by atoms with Gasteiger partial charge in [0, 0.05) is 0 Å². The summed E-state index contributed by atoms with van der Waals surface area (Å²) in [5, 5.41) is 20.8. The van der Waals surface area contributed by atoms with E-state index in [9.17, 15) is 4.79 Å². The Morgan fingerprint density at radius 2 is 2.00 bits per heavy atom. The van der Waals surface area contributed by atoms with E-state index in [0.29, 0.717) is 11.3 Å². The van der Waals surface area contributed by atoms with Crippen LogP contribution in [0.3, 0.4) is 0 Å². The van der Waals surface area contributed by atoms with Gasteiger partial charge in [-0.2, -0.15) is 15.6 Å². The molecule has 1 rings (SSSR count). The maximum atomic E-state index is 11.0. The molecule has 0 aliphatic carbocycles. The average molecular weight is 228 g/mol. The molecular weight excluding hydrogens is 220 g/mol. The Labute approximate surface area is 97.7 Å². The minimum absolute atomic E-state index is 0.378. The molecule has 0 saturated carbocycles. The van der Waals surface area contributed by atoms with Crippen molar-refractivity contribution in [3.63, 3.8) is 0 Å². The molecule has 6 nitrogen and oxygen atoms in total. The third kappa shape index (κ3) is 3.33. The van der Waals surface area contributed by atoms with Crippen LogP contribution in [0.4, 0.5) is 5.69 Å². The highest BCUT2D eigenvalue weighted by atomic mass is 16.5. The normalized spacial score (nSPS) is 9.94. The van der Waals surface area contributed by atoms with Gasteiger partial charge >= 0.3 is 5.97 Å². The van der Waals surface area contributed by atoms with Gasteiger partial charge < -0.3 is 4.74 Å². The van der Waals surface area contributed by atoms with Gasteiger partial charge in [-0.25, -0.2) is 4.79 Å². The average Bonchev–Trinajstić information content (AvgIpc) is 2.39. The van der Waals surface area contributed by atoms with Crippen LogP contribution in [-0.2, 0) is 9.53 Å². The zero-order chi connectivity index (χ0) is 12.7. The van der Waals surface area contributed by atoms with Crippen LogP contribution in [0, 0.1) is 22.7 Å². The first kappa shape index (κ1) is 12.2. The molecular formula is C11H8N4O2. The predicted molar refractivity (Wildman–Crippen MR) is 59.8 cm³/mol. The molecule has 0 spiro atoms. The number of benzene rings is 1. The minimum Gasteiger partial charge on any atom is -0.464 e. The summed E-state index contributed by atoms with van der Waals surface area (Å²) in [7, 11) is 1.16. The highest BCUT2D eigenvalue weighted by Crippen LogP contribution is 2.08. The van der Waals surface area contributed by atoms with E-state index < -0.39 is 5.97 Å². The van der Waals surface area contributed by atoms with Crippen molar-refractivity contribution in [2.24, 2.45) is 5.10 Å². The number of hydrogen-bond acceptors (Lipinski definition) is 6. The van der Waals surface area contributed by atoms with E-state index in [1.54, 1.807) is 30.3 Å². The molecule has 1 N–H and O–H groups in total. The van der Waals surface area contributed by atoms with E-state index in [1.807, 2.05) is 6.07 Å². The van der Waals surface area contributed by atoms with Gasteiger partial charge in [-0.3, -0.25) is 5.43 Å². The maximum Gasteiger partial charge on any atom is 0.369 e. The fourth-order valence-corrected chi connectivity index (χ4v) is 0.953. The monoisotopic (exact) mass is 228 g/mol. The molecule has 17 heavy (non-hydrogen) atoms. The van der Waals surface area contributed by atoms with Crippen molar-refractivity contribution >= 4 is 17.4 Å². The molecule has 0 bridgehead atoms. The second-order valence-corrected chi connectivity index (χ2v) is 2.86. The largest absolute Gasteiger partial charge is 0.464 e. The number of carbonyl (C=O) groups excluding carboxylic acids is 1. The topological polar surface area (TPSA) is 98.3 Å². The zero-order valence-corrected chi connectivity index (χ0v) is 8.97. The summed E-state index contributed by atoms with van der Waals surface area (Å²) in [6, 6.07) is 9.96. The molecule has 0 aliphatic heterocycles. The number of nitrogens with zero attached hydrogens (tertiary/aromatic N) is 3. The molecule has 0 atom stereocenters. The molecule has 0 radical (unpaired) electrons. The highest BCUT2D eigenvalue weighted by Gasteiger charge is 2.10. The van der Waals surface area contributed by atoms with Gasteiger partial charge in [0.25, 0.3) is 0 Å². The van der Waals surface area contributed by atoms with Crippen molar-refractivity contribution in [1.29, 1.82) is 10.5 Å². The Bertz CT molecular complexity index is 520. The Balaban J connectivity index is 2.78. The number of hydrazone groups is 1. The SMILES string of the molecule is COC(=O)/C(C#N)=N/Nc1ccc(C#N)cc1. The standard InChI is InChI=1S/C11H8N4O2/c1-17-11(16)10(7-13)15-14-9-4-2-8(6-12)3-5-9/h2-5,14H,1H3/b15-10+. The Kier molecular flexibility index (Phi) is 4.23. The van der Waals surface area contributed by atoms with Gasteiger partial charge in [-0.1, -0.05) is 0 Å². The lowest BCUT2D eigenvalue weighted by molar-refractivity contribution is -0.132. The quantitative estimate of drug-likeness (QED) is 0.473. The van der Waals surface area contributed by atoms with E-state index in [4.69, 9.17) is 10.5 Å². The summed E-state index contributed by atoms with van der Waals surface area (Å²) < 4.78 is 4.35. The summed E-state index contributed by atoms with van der Waals surface area (Å²) >= 11 is 0. The van der Waals surface area contributed by atoms with Gasteiger partial charge in [-0.15, -0.1) is 0 Å². The molecule has 0 heterocycles. The summed E-state index contributed by atoms with van der Waals surface area (Å²) in [5.74, 6) is -0.811. The lowest BCUT2D eigenvalue weighted by Gasteiger charge is -2.00. The van der Waals surface area contributed by atoms with Gasteiger partial charge in [0.15, 0.2) is 0 Å². The maximum absolute atomic E-state index is 11.0. The number of anilines is 1. The number of ether oxygens (including phenoxy) is 1. The fourth-order valence-electron chi connectivity index (χ4n) is 0.953. The molecule has 0 unspecified atom stereocenters. The van der Waals surface area contributed by atoms with Crippen molar-refractivity contribution in [3.05, 3.63) is 29.8 Å². The number of rotatable bonds is 3. The summed E-state index contributed by atoms with van der Waals surface area (Å²) in [6.07, 6.45) is 0. The van der Waals surface area contributed by atoms with Crippen molar-refractivity contribution in [1.82, 2.24) is 0 Å². The van der Waals surface area contributed by atoms with Gasteiger partial charge in [0.05, 0.1) is 24.4 Å². The van der Waals surface area contributed by atoms with Crippen molar-refractivity contribution in [2.45, 2.75) is 0 Å². The van der Waals surface area contributed by atoms with Crippen LogP contribution in [0.5, 0.6) is 0 Å². The summed E-state index contributed by atoms with van der Waals surface area (Å²) in [4.78, 5) is 11.0. The molecule has 0 aliphatic rings. The molecule has 0 saturated heterocycles. The number of hydrogen-bond donors (Lipinski definition) is 1. The van der Waals surface area contributed by atoms with E-state index in [-0.39, 0.29) is 5.71 Å².